The molecule has 17 heteroatoms. The first-order valence-electron chi connectivity index (χ1n) is 16.2. The van der Waals surface area contributed by atoms with Gasteiger partial charge in [0, 0.05) is 74.7 Å². The van der Waals surface area contributed by atoms with E-state index in [1.54, 1.807) is 49.8 Å². The van der Waals surface area contributed by atoms with Gasteiger partial charge >= 0.3 is 17.6 Å². The maximum absolute atomic E-state index is 16.3. The Morgan fingerprint density at radius 2 is 0.756 bits per heavy atom. The van der Waals surface area contributed by atoms with Crippen molar-refractivity contribution in [2.24, 2.45) is 0 Å². The van der Waals surface area contributed by atoms with Gasteiger partial charge < -0.3 is 44.3 Å². The van der Waals surface area contributed by atoms with Gasteiger partial charge in [-0.25, -0.2) is 4.39 Å². The highest BCUT2D eigenvalue weighted by atomic mass is 28.4. The second kappa shape index (κ2) is 20.5. The first-order valence-corrected chi connectivity index (χ1v) is 32.5. The maximum atomic E-state index is 16.3. The van der Waals surface area contributed by atoms with Crippen molar-refractivity contribution in [3.05, 3.63) is 0 Å². The van der Waals surface area contributed by atoms with E-state index in [9.17, 15) is 0 Å². The van der Waals surface area contributed by atoms with Gasteiger partial charge in [0.25, 0.3) is 0 Å². The van der Waals surface area contributed by atoms with Gasteiger partial charge in [-0.1, -0.05) is 0 Å². The van der Waals surface area contributed by atoms with Crippen molar-refractivity contribution in [3.8, 4) is 0 Å². The number of methoxy groups -OCH3 is 1. The van der Waals surface area contributed by atoms with Gasteiger partial charge in [-0.15, -0.1) is 0 Å². The zero-order valence-electron chi connectivity index (χ0n) is 31.4. The summed E-state index contributed by atoms with van der Waals surface area (Å²) < 4.78 is 74.6. The van der Waals surface area contributed by atoms with Gasteiger partial charge in [0.15, 0.2) is 33.3 Å². The third-order valence-corrected chi connectivity index (χ3v) is 29.7. The van der Waals surface area contributed by atoms with Gasteiger partial charge in [-0.05, 0) is 89.4 Å². The summed E-state index contributed by atoms with van der Waals surface area (Å²) in [6.07, 6.45) is 2.10. The Kier molecular flexibility index (Phi) is 20.9. The molecule has 272 valence electrons. The third-order valence-electron chi connectivity index (χ3n) is 8.34. The van der Waals surface area contributed by atoms with Gasteiger partial charge in [0.05, 0.1) is 13.2 Å². The molecule has 0 aromatic heterocycles. The molecule has 0 radical (unpaired) electrons. The van der Waals surface area contributed by atoms with Crippen molar-refractivity contribution in [2.75, 3.05) is 63.0 Å². The zero-order chi connectivity index (χ0) is 35.1. The number of ether oxygens (including phenoxy) is 2. The summed E-state index contributed by atoms with van der Waals surface area (Å²) in [5.41, 5.74) is 0. The molecule has 0 amide bonds. The Balaban J connectivity index is 5.18. The van der Waals surface area contributed by atoms with Crippen molar-refractivity contribution >= 4 is 50.9 Å². The van der Waals surface area contributed by atoms with Crippen LogP contribution in [0.3, 0.4) is 0 Å². The zero-order valence-corrected chi connectivity index (χ0v) is 37.4. The first-order chi connectivity index (χ1) is 20.7. The van der Waals surface area contributed by atoms with Crippen LogP contribution in [-0.4, -0.2) is 120 Å². The second-order valence-electron chi connectivity index (χ2n) is 14.3. The molecule has 0 N–H and O–H groups in total. The lowest BCUT2D eigenvalue weighted by Crippen LogP contribution is -2.48. The lowest BCUT2D eigenvalue weighted by Gasteiger charge is -2.37. The topological polar surface area (TPSA) is 92.3 Å². The van der Waals surface area contributed by atoms with E-state index in [1.807, 2.05) is 0 Å². The Morgan fingerprint density at radius 1 is 0.444 bits per heavy atom. The smallest absolute Gasteiger partial charge is 0.456 e. The molecular formula is C28H69FO10Si6. The molecule has 10 nitrogen and oxygen atoms in total. The number of alkyl halides is 1. The monoisotopic (exact) mass is 752 g/mol. The largest absolute Gasteiger partial charge is 0.499 e. The molecular weight excluding hydrogens is 684 g/mol. The van der Waals surface area contributed by atoms with Crippen LogP contribution in [0.25, 0.3) is 0 Å². The summed E-state index contributed by atoms with van der Waals surface area (Å²) in [7, 11) is -1.96. The predicted octanol–water partition coefficient (Wildman–Crippen LogP) is 7.49. The lowest BCUT2D eigenvalue weighted by atomic mass is 10.1. The van der Waals surface area contributed by atoms with Gasteiger partial charge in [-0.2, -0.15) is 0 Å². The number of rotatable bonds is 28. The number of hydrogen-bond acceptors (Lipinski definition) is 10. The predicted molar refractivity (Wildman–Crippen MR) is 195 cm³/mol. The molecule has 0 fully saturated rings. The Labute approximate surface area is 281 Å². The number of halogens is 1. The average Bonchev–Trinajstić information content (AvgIpc) is 2.94. The van der Waals surface area contributed by atoms with E-state index in [-0.39, 0.29) is 6.61 Å². The minimum Gasteiger partial charge on any atom is -0.456 e. The molecule has 0 saturated heterocycles. The Morgan fingerprint density at radius 3 is 1.04 bits per heavy atom. The molecule has 0 aromatic rings. The normalized spacial score (nSPS) is 14.4. The minimum atomic E-state index is -2.65. The van der Waals surface area contributed by atoms with Crippen LogP contribution in [0.5, 0.6) is 0 Å². The van der Waals surface area contributed by atoms with Gasteiger partial charge in [0.1, 0.15) is 0 Å². The summed E-state index contributed by atoms with van der Waals surface area (Å²) in [6, 6.07) is 4.94. The molecule has 0 aliphatic carbocycles. The van der Waals surface area contributed by atoms with Crippen LogP contribution in [0.2, 0.25) is 88.6 Å². The standard InChI is InChI=1S/C28H69FO10Si6/c1-30-20-21-37-28(29,18-16-22-40(8,9)38-42(12,13)24-26-44(31-2,32-3)33-4)19-17-23-41(10,11)39-43(14,15)25-27-45(34-5,35-6)36-7/h16-27H2,1-15H3. The molecule has 0 atom stereocenters. The fourth-order valence-corrected chi connectivity index (χ4v) is 31.0. The molecule has 0 bridgehead atoms. The molecule has 0 rings (SSSR count). The van der Waals surface area contributed by atoms with E-state index in [0.29, 0.717) is 32.3 Å². The fourth-order valence-electron chi connectivity index (χ4n) is 5.85. The third kappa shape index (κ3) is 18.4. The van der Waals surface area contributed by atoms with Crippen molar-refractivity contribution in [1.82, 2.24) is 0 Å². The van der Waals surface area contributed by atoms with Gasteiger partial charge in [0.2, 0.25) is 5.85 Å². The first kappa shape index (κ1) is 45.8. The summed E-state index contributed by atoms with van der Waals surface area (Å²) in [6.45, 7) is 18.5. The Hall–Kier alpha value is 0.831. The fraction of sp³-hybridized carbons (Fsp3) is 1.00. The molecule has 0 heterocycles. The van der Waals surface area contributed by atoms with Crippen molar-refractivity contribution in [3.63, 3.8) is 0 Å². The minimum absolute atomic E-state index is 0.232. The lowest BCUT2D eigenvalue weighted by molar-refractivity contribution is -0.162. The highest BCUT2D eigenvalue weighted by Gasteiger charge is 2.44. The number of hydrogen-bond donors (Lipinski definition) is 0. The van der Waals surface area contributed by atoms with Crippen molar-refractivity contribution < 1.29 is 48.7 Å². The highest BCUT2D eigenvalue weighted by molar-refractivity contribution is 6.86. The quantitative estimate of drug-likeness (QED) is 0.0592. The van der Waals surface area contributed by atoms with E-state index in [2.05, 4.69) is 52.4 Å². The van der Waals surface area contributed by atoms with E-state index in [0.717, 1.165) is 36.3 Å². The van der Waals surface area contributed by atoms with Crippen LogP contribution >= 0.6 is 0 Å². The maximum Gasteiger partial charge on any atom is 0.499 e. The molecule has 45 heavy (non-hydrogen) atoms. The second-order valence-corrected chi connectivity index (χ2v) is 38.2. The van der Waals surface area contributed by atoms with E-state index in [1.165, 1.54) is 0 Å². The van der Waals surface area contributed by atoms with E-state index in [4.69, 9.17) is 44.3 Å². The summed E-state index contributed by atoms with van der Waals surface area (Å²) in [5.74, 6) is -1.70. The molecule has 0 aliphatic rings. The van der Waals surface area contributed by atoms with E-state index >= 15 is 4.39 Å². The summed E-state index contributed by atoms with van der Waals surface area (Å²) in [4.78, 5) is 0. The van der Waals surface area contributed by atoms with Gasteiger partial charge in [-0.3, -0.25) is 0 Å². The Bertz CT molecular complexity index is 729. The van der Waals surface area contributed by atoms with E-state index < -0.39 is 56.7 Å². The summed E-state index contributed by atoms with van der Waals surface area (Å²) >= 11 is 0. The van der Waals surface area contributed by atoms with Crippen LogP contribution in [0.1, 0.15) is 25.7 Å². The SMILES string of the molecule is COCCOC(F)(CCC[Si](C)(C)O[Si](C)(C)CC[Si](OC)(OC)OC)CCC[Si](C)(C)O[Si](C)(C)CC[Si](OC)(OC)OC. The molecule has 0 aliphatic heterocycles. The molecule has 0 unspecified atom stereocenters. The van der Waals surface area contributed by atoms with Crippen molar-refractivity contribution in [2.45, 2.75) is 120 Å². The van der Waals surface area contributed by atoms with Crippen LogP contribution in [-0.2, 0) is 44.3 Å². The van der Waals surface area contributed by atoms with Crippen molar-refractivity contribution in [1.29, 1.82) is 0 Å². The highest BCUT2D eigenvalue weighted by Crippen LogP contribution is 2.34. The molecule has 0 spiro atoms. The van der Waals surface area contributed by atoms with Crippen LogP contribution in [0.15, 0.2) is 0 Å². The van der Waals surface area contributed by atoms with Crippen LogP contribution < -0.4 is 0 Å². The van der Waals surface area contributed by atoms with Crippen LogP contribution in [0, 0.1) is 0 Å². The van der Waals surface area contributed by atoms with Crippen LogP contribution in [0.4, 0.5) is 4.39 Å². The molecule has 0 saturated carbocycles. The molecule has 0 aromatic carbocycles. The average molecular weight is 753 g/mol. The summed E-state index contributed by atoms with van der Waals surface area (Å²) in [5, 5.41) is 0.